The van der Waals surface area contributed by atoms with E-state index in [4.69, 9.17) is 11.6 Å². The lowest BCUT2D eigenvalue weighted by Gasteiger charge is -2.34. The SMILES string of the molecule is CC12CCC(CC1=N/N=C1\NC(=O)C(CC(=O)Nc3ccc(Cl)cc3)S1)C2(C)C. The molecule has 3 fully saturated rings. The summed E-state index contributed by atoms with van der Waals surface area (Å²) in [5.74, 6) is 0.219. The number of hydrogen-bond acceptors (Lipinski definition) is 5. The number of hydrogen-bond donors (Lipinski definition) is 2. The van der Waals surface area contributed by atoms with Gasteiger partial charge in [0.2, 0.25) is 11.8 Å². The number of carbonyl (C=O) groups is 2. The van der Waals surface area contributed by atoms with Gasteiger partial charge in [-0.1, -0.05) is 44.1 Å². The molecule has 0 spiro atoms. The molecule has 3 atom stereocenters. The van der Waals surface area contributed by atoms with Gasteiger partial charge in [0.05, 0.1) is 0 Å². The predicted molar refractivity (Wildman–Crippen MR) is 118 cm³/mol. The Bertz CT molecular complexity index is 912. The number of halogens is 1. The molecule has 2 saturated carbocycles. The second-order valence-corrected chi connectivity index (χ2v) is 10.4. The highest BCUT2D eigenvalue weighted by molar-refractivity contribution is 8.15. The highest BCUT2D eigenvalue weighted by atomic mass is 35.5. The van der Waals surface area contributed by atoms with E-state index in [0.29, 0.717) is 21.8 Å². The third-order valence-electron chi connectivity index (χ3n) is 7.05. The first-order chi connectivity index (χ1) is 13.7. The molecule has 154 valence electrons. The molecule has 3 unspecified atom stereocenters. The zero-order chi connectivity index (χ0) is 20.8. The van der Waals surface area contributed by atoms with Crippen molar-refractivity contribution in [3.05, 3.63) is 29.3 Å². The van der Waals surface area contributed by atoms with Crippen LogP contribution in [0, 0.1) is 16.7 Å². The van der Waals surface area contributed by atoms with E-state index < -0.39 is 5.25 Å². The number of fused-ring (bicyclic) bond motifs is 2. The Balaban J connectivity index is 1.38. The Morgan fingerprint density at radius 2 is 2.00 bits per heavy atom. The van der Waals surface area contributed by atoms with Crippen molar-refractivity contribution in [1.82, 2.24) is 5.32 Å². The Hall–Kier alpha value is -1.86. The third kappa shape index (κ3) is 3.70. The lowest BCUT2D eigenvalue weighted by Crippen LogP contribution is -2.32. The molecule has 1 aliphatic heterocycles. The molecule has 1 heterocycles. The zero-order valence-electron chi connectivity index (χ0n) is 16.8. The van der Waals surface area contributed by atoms with Gasteiger partial charge in [-0.25, -0.2) is 0 Å². The Morgan fingerprint density at radius 3 is 2.62 bits per heavy atom. The average Bonchev–Trinajstić information content (AvgIpc) is 3.18. The van der Waals surface area contributed by atoms with Crippen LogP contribution in [-0.2, 0) is 9.59 Å². The molecule has 2 aliphatic carbocycles. The molecule has 3 aliphatic rings. The van der Waals surface area contributed by atoms with Crippen molar-refractivity contribution in [2.75, 3.05) is 5.32 Å². The number of rotatable bonds is 4. The van der Waals surface area contributed by atoms with Crippen molar-refractivity contribution in [2.24, 2.45) is 27.0 Å². The van der Waals surface area contributed by atoms with E-state index in [9.17, 15) is 9.59 Å². The molecule has 6 nitrogen and oxygen atoms in total. The number of amidine groups is 1. The van der Waals surface area contributed by atoms with Crippen LogP contribution in [0.15, 0.2) is 34.5 Å². The summed E-state index contributed by atoms with van der Waals surface area (Å²) in [7, 11) is 0. The molecular formula is C21H25ClN4O2S. The van der Waals surface area contributed by atoms with Gasteiger partial charge in [0.25, 0.3) is 0 Å². The molecule has 1 aromatic carbocycles. The van der Waals surface area contributed by atoms with E-state index in [1.165, 1.54) is 18.2 Å². The van der Waals surface area contributed by atoms with Crippen LogP contribution in [0.25, 0.3) is 0 Å². The normalized spacial score (nSPS) is 32.8. The summed E-state index contributed by atoms with van der Waals surface area (Å²) in [6, 6.07) is 6.86. The topological polar surface area (TPSA) is 82.9 Å². The minimum Gasteiger partial charge on any atom is -0.326 e. The minimum atomic E-state index is -0.506. The van der Waals surface area contributed by atoms with Crippen LogP contribution >= 0.6 is 23.4 Å². The summed E-state index contributed by atoms with van der Waals surface area (Å²) >= 11 is 7.11. The number of amides is 2. The van der Waals surface area contributed by atoms with Crippen molar-refractivity contribution < 1.29 is 9.59 Å². The van der Waals surface area contributed by atoms with E-state index in [1.54, 1.807) is 24.3 Å². The number of carbonyl (C=O) groups excluding carboxylic acids is 2. The first kappa shape index (κ1) is 20.4. The number of anilines is 1. The number of benzene rings is 1. The van der Waals surface area contributed by atoms with Gasteiger partial charge in [0, 0.05) is 28.3 Å². The fourth-order valence-corrected chi connectivity index (χ4v) is 5.73. The molecule has 1 saturated heterocycles. The quantitative estimate of drug-likeness (QED) is 0.689. The Labute approximate surface area is 179 Å². The van der Waals surface area contributed by atoms with E-state index in [1.807, 2.05) is 0 Å². The summed E-state index contributed by atoms with van der Waals surface area (Å²) < 4.78 is 0. The maximum atomic E-state index is 12.3. The molecule has 0 radical (unpaired) electrons. The van der Waals surface area contributed by atoms with Crippen molar-refractivity contribution >= 4 is 51.7 Å². The van der Waals surface area contributed by atoms with Gasteiger partial charge in [0.1, 0.15) is 5.25 Å². The van der Waals surface area contributed by atoms with E-state index >= 15 is 0 Å². The van der Waals surface area contributed by atoms with Crippen molar-refractivity contribution in [2.45, 2.75) is 51.7 Å². The fourth-order valence-electron chi connectivity index (χ4n) is 4.69. The van der Waals surface area contributed by atoms with E-state index in [2.05, 4.69) is 41.6 Å². The van der Waals surface area contributed by atoms with Crippen LogP contribution in [0.5, 0.6) is 0 Å². The van der Waals surface area contributed by atoms with Gasteiger partial charge >= 0.3 is 0 Å². The van der Waals surface area contributed by atoms with Crippen LogP contribution in [0.3, 0.4) is 0 Å². The summed E-state index contributed by atoms with van der Waals surface area (Å²) in [5.41, 5.74) is 2.09. The molecule has 2 bridgehead atoms. The molecule has 4 rings (SSSR count). The molecule has 8 heteroatoms. The Morgan fingerprint density at radius 1 is 1.28 bits per heavy atom. The number of nitrogens with one attached hydrogen (secondary N) is 2. The van der Waals surface area contributed by atoms with Gasteiger partial charge in [-0.15, -0.1) is 5.10 Å². The maximum absolute atomic E-state index is 12.3. The average molecular weight is 433 g/mol. The smallest absolute Gasteiger partial charge is 0.240 e. The van der Waals surface area contributed by atoms with E-state index in [0.717, 1.165) is 18.6 Å². The highest BCUT2D eigenvalue weighted by Crippen LogP contribution is 2.64. The largest absolute Gasteiger partial charge is 0.326 e. The molecule has 0 aromatic heterocycles. The van der Waals surface area contributed by atoms with Crippen molar-refractivity contribution in [3.63, 3.8) is 0 Å². The number of thioether (sulfide) groups is 1. The van der Waals surface area contributed by atoms with Crippen molar-refractivity contribution in [1.29, 1.82) is 0 Å². The maximum Gasteiger partial charge on any atom is 0.240 e. The Kier molecular flexibility index (Phi) is 5.23. The number of nitrogens with zero attached hydrogens (tertiary/aromatic N) is 2. The first-order valence-electron chi connectivity index (χ1n) is 9.87. The van der Waals surface area contributed by atoms with Crippen LogP contribution in [0.2, 0.25) is 5.02 Å². The lowest BCUT2D eigenvalue weighted by atomic mass is 9.70. The van der Waals surface area contributed by atoms with Gasteiger partial charge < -0.3 is 10.6 Å². The molecule has 1 aromatic rings. The summed E-state index contributed by atoms with van der Waals surface area (Å²) in [4.78, 5) is 24.5. The van der Waals surface area contributed by atoms with Crippen LogP contribution in [0.4, 0.5) is 5.69 Å². The molecule has 29 heavy (non-hydrogen) atoms. The predicted octanol–water partition coefficient (Wildman–Crippen LogP) is 4.46. The van der Waals surface area contributed by atoms with Crippen LogP contribution in [0.1, 0.15) is 46.5 Å². The van der Waals surface area contributed by atoms with Gasteiger partial charge in [-0.05, 0) is 54.9 Å². The fraction of sp³-hybridized carbons (Fsp3) is 0.524. The summed E-state index contributed by atoms with van der Waals surface area (Å²) in [6.07, 6.45) is 3.43. The molecule has 2 amide bonds. The minimum absolute atomic E-state index is 0.0710. The zero-order valence-corrected chi connectivity index (χ0v) is 18.4. The standard InChI is InChI=1S/C21H25ClN4O2S/c1-20(2)12-8-9-21(20,3)16(10-12)25-26-19-24-18(28)15(29-19)11-17(27)23-14-6-4-13(22)5-7-14/h4-7,12,15H,8-11H2,1-3H3,(H,23,27)(H,24,26,28). The van der Waals surface area contributed by atoms with Crippen LogP contribution in [-0.4, -0.2) is 27.9 Å². The third-order valence-corrected chi connectivity index (χ3v) is 8.37. The van der Waals surface area contributed by atoms with Crippen LogP contribution < -0.4 is 10.6 Å². The highest BCUT2D eigenvalue weighted by Gasteiger charge is 2.60. The molecule has 2 N–H and O–H groups in total. The first-order valence-corrected chi connectivity index (χ1v) is 11.1. The van der Waals surface area contributed by atoms with Crippen molar-refractivity contribution in [3.8, 4) is 0 Å². The van der Waals surface area contributed by atoms with Gasteiger partial charge in [-0.3, -0.25) is 9.59 Å². The van der Waals surface area contributed by atoms with Gasteiger partial charge in [0.15, 0.2) is 5.17 Å². The second kappa shape index (κ2) is 7.43. The molecular weight excluding hydrogens is 408 g/mol. The summed E-state index contributed by atoms with van der Waals surface area (Å²) in [5, 5.41) is 15.0. The van der Waals surface area contributed by atoms with E-state index in [-0.39, 0.29) is 29.1 Å². The lowest BCUT2D eigenvalue weighted by molar-refractivity contribution is -0.122. The monoisotopic (exact) mass is 432 g/mol. The second-order valence-electron chi connectivity index (χ2n) is 8.80. The summed E-state index contributed by atoms with van der Waals surface area (Å²) in [6.45, 7) is 6.92. The van der Waals surface area contributed by atoms with Gasteiger partial charge in [-0.2, -0.15) is 5.10 Å².